The number of benzene rings is 2. The molecule has 1 nitrogen and oxygen atoms in total. The minimum atomic E-state index is -1.17. The first-order valence-corrected chi connectivity index (χ1v) is 6.56. The van der Waals surface area contributed by atoms with E-state index in [9.17, 15) is 9.50 Å². The van der Waals surface area contributed by atoms with Gasteiger partial charge in [0.15, 0.2) is 0 Å². The van der Waals surface area contributed by atoms with Crippen molar-refractivity contribution >= 4 is 23.2 Å². The number of rotatable bonds is 3. The summed E-state index contributed by atoms with van der Waals surface area (Å²) in [5.74, 6) is -0.369. The summed E-state index contributed by atoms with van der Waals surface area (Å²) < 4.78 is 13.2. The standard InChI is InChI=1S/C15H13Cl2FO/c1-15(19,11-3-2-4-12(18)8-11)9-10-5-6-13(16)14(17)7-10/h2-8,19H,9H2,1H3. The second-order valence-corrected chi connectivity index (χ2v) is 5.52. The molecule has 0 saturated heterocycles. The van der Waals surface area contributed by atoms with Crippen LogP contribution in [0, 0.1) is 5.82 Å². The molecular weight excluding hydrogens is 286 g/mol. The smallest absolute Gasteiger partial charge is 0.123 e. The van der Waals surface area contributed by atoms with Crippen molar-refractivity contribution in [1.29, 1.82) is 0 Å². The van der Waals surface area contributed by atoms with E-state index in [1.807, 2.05) is 0 Å². The predicted molar refractivity (Wildman–Crippen MR) is 76.1 cm³/mol. The van der Waals surface area contributed by atoms with Crippen molar-refractivity contribution in [3.8, 4) is 0 Å². The van der Waals surface area contributed by atoms with E-state index in [0.717, 1.165) is 5.56 Å². The van der Waals surface area contributed by atoms with E-state index in [-0.39, 0.29) is 5.82 Å². The average Bonchev–Trinajstić information content (AvgIpc) is 2.33. The zero-order valence-corrected chi connectivity index (χ0v) is 11.8. The molecule has 1 N–H and O–H groups in total. The van der Waals surface area contributed by atoms with Crippen molar-refractivity contribution in [3.63, 3.8) is 0 Å². The zero-order chi connectivity index (χ0) is 14.0. The molecule has 0 saturated carbocycles. The fourth-order valence-corrected chi connectivity index (χ4v) is 2.29. The molecule has 100 valence electrons. The molecule has 0 aromatic heterocycles. The highest BCUT2D eigenvalue weighted by atomic mass is 35.5. The van der Waals surface area contributed by atoms with E-state index in [1.165, 1.54) is 12.1 Å². The molecule has 0 heterocycles. The Morgan fingerprint density at radius 3 is 2.47 bits per heavy atom. The third kappa shape index (κ3) is 3.47. The van der Waals surface area contributed by atoms with E-state index in [2.05, 4.69) is 0 Å². The predicted octanol–water partition coefficient (Wildman–Crippen LogP) is 4.58. The van der Waals surface area contributed by atoms with Crippen LogP contribution in [0.5, 0.6) is 0 Å². The van der Waals surface area contributed by atoms with E-state index >= 15 is 0 Å². The molecule has 0 fully saturated rings. The van der Waals surface area contributed by atoms with Crippen molar-refractivity contribution in [2.75, 3.05) is 0 Å². The molecule has 0 aliphatic heterocycles. The topological polar surface area (TPSA) is 20.2 Å². The summed E-state index contributed by atoms with van der Waals surface area (Å²) in [7, 11) is 0. The summed E-state index contributed by atoms with van der Waals surface area (Å²) in [6.45, 7) is 1.64. The molecule has 0 spiro atoms. The Labute approximate surface area is 121 Å². The van der Waals surface area contributed by atoms with E-state index in [1.54, 1.807) is 37.3 Å². The lowest BCUT2D eigenvalue weighted by atomic mass is 9.89. The van der Waals surface area contributed by atoms with Crippen LogP contribution in [0.1, 0.15) is 18.1 Å². The van der Waals surface area contributed by atoms with Crippen LogP contribution >= 0.6 is 23.2 Å². The quantitative estimate of drug-likeness (QED) is 0.879. The van der Waals surface area contributed by atoms with Gasteiger partial charge in [0, 0.05) is 6.42 Å². The van der Waals surface area contributed by atoms with Gasteiger partial charge in [-0.1, -0.05) is 41.4 Å². The van der Waals surface area contributed by atoms with Crippen molar-refractivity contribution in [3.05, 3.63) is 69.5 Å². The van der Waals surface area contributed by atoms with Crippen LogP contribution in [-0.4, -0.2) is 5.11 Å². The lowest BCUT2D eigenvalue weighted by Gasteiger charge is -2.24. The first-order chi connectivity index (χ1) is 8.88. The fraction of sp³-hybridized carbons (Fsp3) is 0.200. The Bertz CT molecular complexity index is 596. The maximum atomic E-state index is 13.2. The highest BCUT2D eigenvalue weighted by Crippen LogP contribution is 2.29. The van der Waals surface area contributed by atoms with Crippen LogP contribution < -0.4 is 0 Å². The third-order valence-corrected chi connectivity index (χ3v) is 3.72. The van der Waals surface area contributed by atoms with Crippen molar-refractivity contribution < 1.29 is 9.50 Å². The second-order valence-electron chi connectivity index (χ2n) is 4.71. The van der Waals surface area contributed by atoms with Crippen LogP contribution in [-0.2, 0) is 12.0 Å². The highest BCUT2D eigenvalue weighted by molar-refractivity contribution is 6.42. The lowest BCUT2D eigenvalue weighted by molar-refractivity contribution is 0.0573. The van der Waals surface area contributed by atoms with Gasteiger partial charge in [-0.2, -0.15) is 0 Å². The van der Waals surface area contributed by atoms with Gasteiger partial charge in [0.05, 0.1) is 15.6 Å². The molecule has 2 aromatic rings. The van der Waals surface area contributed by atoms with Gasteiger partial charge < -0.3 is 5.11 Å². The van der Waals surface area contributed by atoms with Crippen LogP contribution in [0.4, 0.5) is 4.39 Å². The van der Waals surface area contributed by atoms with Crippen molar-refractivity contribution in [2.24, 2.45) is 0 Å². The van der Waals surface area contributed by atoms with Gasteiger partial charge in [0.2, 0.25) is 0 Å². The number of hydrogen-bond acceptors (Lipinski definition) is 1. The molecule has 0 aliphatic carbocycles. The number of aliphatic hydroxyl groups is 1. The molecule has 4 heteroatoms. The summed E-state index contributed by atoms with van der Waals surface area (Å²) in [6, 6.07) is 11.1. The Morgan fingerprint density at radius 1 is 1.11 bits per heavy atom. The maximum absolute atomic E-state index is 13.2. The normalized spacial score (nSPS) is 14.2. The van der Waals surface area contributed by atoms with Gasteiger partial charge in [0.25, 0.3) is 0 Å². The van der Waals surface area contributed by atoms with Gasteiger partial charge in [-0.3, -0.25) is 0 Å². The van der Waals surface area contributed by atoms with Gasteiger partial charge >= 0.3 is 0 Å². The Kier molecular flexibility index (Phi) is 4.14. The molecule has 0 bridgehead atoms. The first-order valence-electron chi connectivity index (χ1n) is 5.81. The summed E-state index contributed by atoms with van der Waals surface area (Å²) in [5, 5.41) is 11.4. The van der Waals surface area contributed by atoms with E-state index < -0.39 is 5.60 Å². The zero-order valence-electron chi connectivity index (χ0n) is 10.3. The molecule has 0 radical (unpaired) electrons. The third-order valence-electron chi connectivity index (χ3n) is 2.98. The molecule has 0 amide bonds. The van der Waals surface area contributed by atoms with Crippen LogP contribution in [0.3, 0.4) is 0 Å². The van der Waals surface area contributed by atoms with E-state index in [0.29, 0.717) is 22.0 Å². The average molecular weight is 299 g/mol. The largest absolute Gasteiger partial charge is 0.385 e. The van der Waals surface area contributed by atoms with Crippen molar-refractivity contribution in [2.45, 2.75) is 18.9 Å². The van der Waals surface area contributed by atoms with Gasteiger partial charge in [-0.05, 0) is 42.3 Å². The molecule has 2 rings (SSSR count). The molecule has 19 heavy (non-hydrogen) atoms. The van der Waals surface area contributed by atoms with Gasteiger partial charge in [0.1, 0.15) is 5.82 Å². The fourth-order valence-electron chi connectivity index (χ4n) is 1.97. The lowest BCUT2D eigenvalue weighted by Crippen LogP contribution is -2.24. The molecular formula is C15H13Cl2FO. The summed E-state index contributed by atoms with van der Waals surface area (Å²) >= 11 is 11.8. The van der Waals surface area contributed by atoms with Gasteiger partial charge in [-0.15, -0.1) is 0 Å². The van der Waals surface area contributed by atoms with E-state index in [4.69, 9.17) is 23.2 Å². The first kappa shape index (κ1) is 14.3. The monoisotopic (exact) mass is 298 g/mol. The Hall–Kier alpha value is -1.09. The van der Waals surface area contributed by atoms with Gasteiger partial charge in [-0.25, -0.2) is 4.39 Å². The van der Waals surface area contributed by atoms with Crippen LogP contribution in [0.25, 0.3) is 0 Å². The molecule has 1 unspecified atom stereocenters. The SMILES string of the molecule is CC(O)(Cc1ccc(Cl)c(Cl)c1)c1cccc(F)c1. The molecule has 1 atom stereocenters. The Balaban J connectivity index is 2.27. The summed E-state index contributed by atoms with van der Waals surface area (Å²) in [4.78, 5) is 0. The summed E-state index contributed by atoms with van der Waals surface area (Å²) in [5.41, 5.74) is 0.196. The number of hydrogen-bond donors (Lipinski definition) is 1. The van der Waals surface area contributed by atoms with Crippen LogP contribution in [0.15, 0.2) is 42.5 Å². The van der Waals surface area contributed by atoms with Crippen molar-refractivity contribution in [1.82, 2.24) is 0 Å². The summed E-state index contributed by atoms with van der Waals surface area (Å²) in [6.07, 6.45) is 0.327. The highest BCUT2D eigenvalue weighted by Gasteiger charge is 2.24. The molecule has 0 aliphatic rings. The minimum absolute atomic E-state index is 0.327. The second kappa shape index (κ2) is 5.49. The Morgan fingerprint density at radius 2 is 1.84 bits per heavy atom. The van der Waals surface area contributed by atoms with Crippen LogP contribution in [0.2, 0.25) is 10.0 Å². The maximum Gasteiger partial charge on any atom is 0.123 e. The number of halogens is 3. The molecule has 2 aromatic carbocycles. The minimum Gasteiger partial charge on any atom is -0.385 e.